The second kappa shape index (κ2) is 8.17. The first kappa shape index (κ1) is 18.8. The molecule has 1 aliphatic rings. The Morgan fingerprint density at radius 2 is 2.19 bits per heavy atom. The SMILES string of the molecule is COC(=O)C[C@@H]1C[C@@H](CNc2nc(-c3ccc(C(=N)N)cc3)cs2)NC1=O. The molecule has 0 unspecified atom stereocenters. The zero-order chi connectivity index (χ0) is 19.4. The molecular formula is C18H21N5O3S. The van der Waals surface area contributed by atoms with Gasteiger partial charge in [-0.25, -0.2) is 4.98 Å². The number of ether oxygens (including phenoxy) is 1. The highest BCUT2D eigenvalue weighted by Gasteiger charge is 2.33. The highest BCUT2D eigenvalue weighted by atomic mass is 32.1. The summed E-state index contributed by atoms with van der Waals surface area (Å²) in [6.45, 7) is 0.541. The number of amidine groups is 1. The van der Waals surface area contributed by atoms with Crippen LogP contribution in [0.3, 0.4) is 0 Å². The number of amides is 1. The van der Waals surface area contributed by atoms with Gasteiger partial charge < -0.3 is 21.1 Å². The fourth-order valence-corrected chi connectivity index (χ4v) is 3.67. The number of nitrogen functional groups attached to an aromatic ring is 1. The third-order valence-corrected chi connectivity index (χ3v) is 5.22. The van der Waals surface area contributed by atoms with Gasteiger partial charge in [0.05, 0.1) is 25.1 Å². The van der Waals surface area contributed by atoms with Crippen molar-refractivity contribution in [1.29, 1.82) is 5.41 Å². The van der Waals surface area contributed by atoms with E-state index in [9.17, 15) is 9.59 Å². The number of benzene rings is 1. The second-order valence-electron chi connectivity index (χ2n) is 6.33. The molecule has 27 heavy (non-hydrogen) atoms. The minimum absolute atomic E-state index is 0.0336. The maximum Gasteiger partial charge on any atom is 0.306 e. The van der Waals surface area contributed by atoms with E-state index in [0.29, 0.717) is 18.5 Å². The highest BCUT2D eigenvalue weighted by Crippen LogP contribution is 2.26. The molecule has 1 saturated heterocycles. The third kappa shape index (κ3) is 4.62. The zero-order valence-electron chi connectivity index (χ0n) is 14.8. The molecule has 2 aromatic rings. The van der Waals surface area contributed by atoms with E-state index < -0.39 is 0 Å². The fourth-order valence-electron chi connectivity index (χ4n) is 2.94. The minimum atomic E-state index is -0.371. The smallest absolute Gasteiger partial charge is 0.306 e. The molecule has 1 fully saturated rings. The van der Waals surface area contributed by atoms with Crippen molar-refractivity contribution in [1.82, 2.24) is 10.3 Å². The molecule has 1 aliphatic heterocycles. The first-order valence-corrected chi connectivity index (χ1v) is 9.35. The number of rotatable bonds is 7. The summed E-state index contributed by atoms with van der Waals surface area (Å²) in [5.41, 5.74) is 7.91. The molecule has 0 spiro atoms. The molecule has 0 bridgehead atoms. The summed E-state index contributed by atoms with van der Waals surface area (Å²) in [5, 5.41) is 16.3. The molecule has 1 aromatic heterocycles. The van der Waals surface area contributed by atoms with Crippen molar-refractivity contribution >= 4 is 34.2 Å². The average molecular weight is 387 g/mol. The highest BCUT2D eigenvalue weighted by molar-refractivity contribution is 7.14. The Labute approximate surface area is 160 Å². The van der Waals surface area contributed by atoms with E-state index in [0.717, 1.165) is 16.4 Å². The van der Waals surface area contributed by atoms with Crippen molar-refractivity contribution in [3.8, 4) is 11.3 Å². The lowest BCUT2D eigenvalue weighted by atomic mass is 10.0. The monoisotopic (exact) mass is 387 g/mol. The maximum absolute atomic E-state index is 11.9. The summed E-state index contributed by atoms with van der Waals surface area (Å²) >= 11 is 1.48. The molecule has 9 heteroatoms. The molecular weight excluding hydrogens is 366 g/mol. The number of nitrogens with two attached hydrogens (primary N) is 1. The quantitative estimate of drug-likeness (QED) is 0.324. The summed E-state index contributed by atoms with van der Waals surface area (Å²) in [6.07, 6.45) is 0.697. The van der Waals surface area contributed by atoms with Crippen LogP contribution in [0.4, 0.5) is 5.13 Å². The Kier molecular flexibility index (Phi) is 5.70. The zero-order valence-corrected chi connectivity index (χ0v) is 15.6. The van der Waals surface area contributed by atoms with Gasteiger partial charge in [0.25, 0.3) is 0 Å². The number of esters is 1. The molecule has 1 aromatic carbocycles. The Bertz CT molecular complexity index is 849. The lowest BCUT2D eigenvalue weighted by Gasteiger charge is -2.10. The number of nitrogens with one attached hydrogen (secondary N) is 3. The van der Waals surface area contributed by atoms with Crippen LogP contribution in [-0.2, 0) is 14.3 Å². The van der Waals surface area contributed by atoms with Crippen molar-refractivity contribution in [3.63, 3.8) is 0 Å². The second-order valence-corrected chi connectivity index (χ2v) is 7.19. The van der Waals surface area contributed by atoms with Crippen LogP contribution in [0, 0.1) is 11.3 Å². The van der Waals surface area contributed by atoms with Crippen LogP contribution in [0.1, 0.15) is 18.4 Å². The number of anilines is 1. The predicted molar refractivity (Wildman–Crippen MR) is 104 cm³/mol. The molecule has 5 N–H and O–H groups in total. The number of carbonyl (C=O) groups excluding carboxylic acids is 2. The lowest BCUT2D eigenvalue weighted by molar-refractivity contribution is -0.143. The van der Waals surface area contributed by atoms with Crippen LogP contribution in [0.25, 0.3) is 11.3 Å². The Morgan fingerprint density at radius 1 is 1.44 bits per heavy atom. The van der Waals surface area contributed by atoms with E-state index >= 15 is 0 Å². The van der Waals surface area contributed by atoms with E-state index in [2.05, 4.69) is 20.4 Å². The van der Waals surface area contributed by atoms with Crippen LogP contribution in [0.5, 0.6) is 0 Å². The van der Waals surface area contributed by atoms with Crippen molar-refractivity contribution in [2.75, 3.05) is 19.0 Å². The van der Waals surface area contributed by atoms with Gasteiger partial charge in [0.15, 0.2) is 5.13 Å². The lowest BCUT2D eigenvalue weighted by Crippen LogP contribution is -2.32. The number of methoxy groups -OCH3 is 1. The van der Waals surface area contributed by atoms with Gasteiger partial charge in [0.1, 0.15) is 5.84 Å². The van der Waals surface area contributed by atoms with Gasteiger partial charge in [-0.15, -0.1) is 11.3 Å². The minimum Gasteiger partial charge on any atom is -0.469 e. The third-order valence-electron chi connectivity index (χ3n) is 4.42. The van der Waals surface area contributed by atoms with Gasteiger partial charge in [-0.1, -0.05) is 24.3 Å². The van der Waals surface area contributed by atoms with Gasteiger partial charge in [0.2, 0.25) is 5.91 Å². The Balaban J connectivity index is 1.55. The summed E-state index contributed by atoms with van der Waals surface area (Å²) in [4.78, 5) is 27.8. The average Bonchev–Trinajstić information content (AvgIpc) is 3.27. The number of aromatic nitrogens is 1. The van der Waals surface area contributed by atoms with E-state index in [1.165, 1.54) is 18.4 Å². The Morgan fingerprint density at radius 3 is 2.85 bits per heavy atom. The summed E-state index contributed by atoms with van der Waals surface area (Å²) < 4.78 is 4.63. The van der Waals surface area contributed by atoms with Crippen molar-refractivity contribution in [3.05, 3.63) is 35.2 Å². The molecule has 8 nitrogen and oxygen atoms in total. The molecule has 0 saturated carbocycles. The van der Waals surface area contributed by atoms with E-state index in [1.54, 1.807) is 12.1 Å². The number of hydrogen-bond donors (Lipinski definition) is 4. The van der Waals surface area contributed by atoms with Gasteiger partial charge in [0, 0.05) is 29.1 Å². The van der Waals surface area contributed by atoms with Gasteiger partial charge in [-0.3, -0.25) is 15.0 Å². The largest absolute Gasteiger partial charge is 0.469 e. The predicted octanol–water partition coefficient (Wildman–Crippen LogP) is 1.57. The molecule has 142 valence electrons. The topological polar surface area (TPSA) is 130 Å². The standard InChI is InChI=1S/C18H21N5O3S/c1-26-15(24)7-12-6-13(22-17(12)25)8-21-18-23-14(9-27-18)10-2-4-11(5-3-10)16(19)20/h2-5,9,12-13H,6-8H2,1H3,(H3,19,20)(H,21,23)(H,22,25)/t12-,13-/m0/s1. The number of nitrogens with zero attached hydrogens (tertiary/aromatic N) is 1. The van der Waals surface area contributed by atoms with Gasteiger partial charge in [-0.05, 0) is 6.42 Å². The number of carbonyl (C=O) groups is 2. The van der Waals surface area contributed by atoms with Crippen LogP contribution in [0.2, 0.25) is 0 Å². The first-order valence-electron chi connectivity index (χ1n) is 8.47. The molecule has 2 atom stereocenters. The van der Waals surface area contributed by atoms with E-state index in [4.69, 9.17) is 11.1 Å². The van der Waals surface area contributed by atoms with Crippen LogP contribution in [0.15, 0.2) is 29.6 Å². The van der Waals surface area contributed by atoms with E-state index in [-0.39, 0.29) is 36.1 Å². The van der Waals surface area contributed by atoms with Crippen LogP contribution < -0.4 is 16.4 Å². The van der Waals surface area contributed by atoms with Crippen molar-refractivity contribution < 1.29 is 14.3 Å². The van der Waals surface area contributed by atoms with E-state index in [1.807, 2.05) is 17.5 Å². The number of thiazole rings is 1. The van der Waals surface area contributed by atoms with Crippen molar-refractivity contribution in [2.45, 2.75) is 18.9 Å². The van der Waals surface area contributed by atoms with Crippen molar-refractivity contribution in [2.24, 2.45) is 11.7 Å². The summed E-state index contributed by atoms with van der Waals surface area (Å²) in [7, 11) is 1.32. The molecule has 0 radical (unpaired) electrons. The summed E-state index contributed by atoms with van der Waals surface area (Å²) in [6, 6.07) is 7.29. The van der Waals surface area contributed by atoms with Crippen LogP contribution >= 0.6 is 11.3 Å². The number of hydrogen-bond acceptors (Lipinski definition) is 7. The molecule has 1 amide bonds. The van der Waals surface area contributed by atoms with Crippen LogP contribution in [-0.4, -0.2) is 42.4 Å². The normalized spacial score (nSPS) is 18.8. The molecule has 3 rings (SSSR count). The molecule has 0 aliphatic carbocycles. The first-order chi connectivity index (χ1) is 13.0. The van der Waals surface area contributed by atoms with Gasteiger partial charge >= 0.3 is 5.97 Å². The Hall–Kier alpha value is -2.94. The molecule has 2 heterocycles. The van der Waals surface area contributed by atoms with Gasteiger partial charge in [-0.2, -0.15) is 0 Å². The summed E-state index contributed by atoms with van der Waals surface area (Å²) in [5.74, 6) is -0.788. The maximum atomic E-state index is 11.9. The fraction of sp³-hybridized carbons (Fsp3) is 0.333.